The molecule has 1 heterocycles. The Bertz CT molecular complexity index is 129. The summed E-state index contributed by atoms with van der Waals surface area (Å²) in [5, 5.41) is 0. The molecule has 1 saturated heterocycles. The van der Waals surface area contributed by atoms with Crippen molar-refractivity contribution >= 4 is 0 Å². The lowest BCUT2D eigenvalue weighted by molar-refractivity contribution is -0.182. The molecule has 2 N–H and O–H groups in total. The molecular weight excluding hydrogens is 126 g/mol. The van der Waals surface area contributed by atoms with E-state index in [-0.39, 0.29) is 5.60 Å². The van der Waals surface area contributed by atoms with Gasteiger partial charge in [-0.2, -0.15) is 0 Å². The zero-order valence-electron chi connectivity index (χ0n) is 6.31. The van der Waals surface area contributed by atoms with Crippen LogP contribution in [-0.2, 0) is 4.74 Å². The van der Waals surface area contributed by atoms with Crippen LogP contribution in [0.15, 0.2) is 0 Å². The van der Waals surface area contributed by atoms with Crippen LogP contribution >= 0.6 is 0 Å². The highest BCUT2D eigenvalue weighted by Crippen LogP contribution is 2.39. The van der Waals surface area contributed by atoms with Gasteiger partial charge in [-0.05, 0) is 12.8 Å². The zero-order chi connectivity index (χ0) is 7.03. The van der Waals surface area contributed by atoms with Crippen molar-refractivity contribution < 1.29 is 4.74 Å². The smallest absolute Gasteiger partial charge is 0.0856 e. The predicted molar refractivity (Wildman–Crippen MR) is 39.7 cm³/mol. The lowest BCUT2D eigenvalue weighted by Gasteiger charge is -2.49. The molecule has 58 valence electrons. The second kappa shape index (κ2) is 2.21. The van der Waals surface area contributed by atoms with Gasteiger partial charge in [-0.25, -0.2) is 0 Å². The third-order valence-electron chi connectivity index (χ3n) is 2.93. The SMILES string of the molecule is NC1COC12CCCCC2. The van der Waals surface area contributed by atoms with Crippen LogP contribution in [0.4, 0.5) is 0 Å². The third kappa shape index (κ3) is 0.789. The van der Waals surface area contributed by atoms with Gasteiger partial charge in [-0.1, -0.05) is 19.3 Å². The van der Waals surface area contributed by atoms with E-state index < -0.39 is 0 Å². The van der Waals surface area contributed by atoms with Crippen molar-refractivity contribution in [1.29, 1.82) is 0 Å². The van der Waals surface area contributed by atoms with E-state index in [9.17, 15) is 0 Å². The molecule has 1 aliphatic heterocycles. The van der Waals surface area contributed by atoms with Gasteiger partial charge in [0.2, 0.25) is 0 Å². The van der Waals surface area contributed by atoms with E-state index in [0.717, 1.165) is 6.61 Å². The van der Waals surface area contributed by atoms with Gasteiger partial charge in [0.05, 0.1) is 18.2 Å². The van der Waals surface area contributed by atoms with E-state index >= 15 is 0 Å². The van der Waals surface area contributed by atoms with Crippen LogP contribution in [-0.4, -0.2) is 18.2 Å². The largest absolute Gasteiger partial charge is 0.372 e. The molecule has 1 spiro atoms. The summed E-state index contributed by atoms with van der Waals surface area (Å²) in [6.07, 6.45) is 6.40. The summed E-state index contributed by atoms with van der Waals surface area (Å²) in [5.74, 6) is 0. The Morgan fingerprint density at radius 1 is 1.20 bits per heavy atom. The summed E-state index contributed by atoms with van der Waals surface area (Å²) in [5.41, 5.74) is 6.00. The topological polar surface area (TPSA) is 35.2 Å². The molecule has 2 fully saturated rings. The molecule has 0 bridgehead atoms. The molecular formula is C8H15NO. The number of hydrogen-bond acceptors (Lipinski definition) is 2. The van der Waals surface area contributed by atoms with Crippen LogP contribution in [0, 0.1) is 0 Å². The average Bonchev–Trinajstić information content (AvgIpc) is 2.04. The highest BCUT2D eigenvalue weighted by molar-refractivity contribution is 5.00. The maximum atomic E-state index is 5.86. The Hall–Kier alpha value is -0.0800. The molecule has 1 saturated carbocycles. The van der Waals surface area contributed by atoms with Crippen molar-refractivity contribution in [2.75, 3.05) is 6.61 Å². The third-order valence-corrected chi connectivity index (χ3v) is 2.93. The van der Waals surface area contributed by atoms with Gasteiger partial charge in [0.25, 0.3) is 0 Å². The minimum atomic E-state index is 0.137. The van der Waals surface area contributed by atoms with Crippen LogP contribution in [0.2, 0.25) is 0 Å². The van der Waals surface area contributed by atoms with E-state index in [2.05, 4.69) is 0 Å². The highest BCUT2D eigenvalue weighted by Gasteiger charge is 2.46. The second-order valence-corrected chi connectivity index (χ2v) is 3.54. The molecule has 0 aromatic rings. The van der Waals surface area contributed by atoms with E-state index in [0.29, 0.717) is 6.04 Å². The first-order valence-corrected chi connectivity index (χ1v) is 4.23. The van der Waals surface area contributed by atoms with Crippen molar-refractivity contribution in [3.8, 4) is 0 Å². The minimum Gasteiger partial charge on any atom is -0.372 e. The fourth-order valence-corrected chi connectivity index (χ4v) is 2.08. The predicted octanol–water partition coefficient (Wildman–Crippen LogP) is 1.05. The molecule has 0 amide bonds. The molecule has 1 unspecified atom stereocenters. The summed E-state index contributed by atoms with van der Waals surface area (Å²) in [6.45, 7) is 0.792. The Morgan fingerprint density at radius 3 is 2.20 bits per heavy atom. The summed E-state index contributed by atoms with van der Waals surface area (Å²) < 4.78 is 5.55. The molecule has 1 atom stereocenters. The van der Waals surface area contributed by atoms with E-state index in [1.807, 2.05) is 0 Å². The lowest BCUT2D eigenvalue weighted by atomic mass is 9.76. The Morgan fingerprint density at radius 2 is 1.90 bits per heavy atom. The van der Waals surface area contributed by atoms with Crippen molar-refractivity contribution in [2.45, 2.75) is 43.7 Å². The van der Waals surface area contributed by atoms with Crippen LogP contribution in [0.25, 0.3) is 0 Å². The monoisotopic (exact) mass is 141 g/mol. The fourth-order valence-electron chi connectivity index (χ4n) is 2.08. The number of ether oxygens (including phenoxy) is 1. The lowest BCUT2D eigenvalue weighted by Crippen LogP contribution is -2.63. The summed E-state index contributed by atoms with van der Waals surface area (Å²) >= 11 is 0. The highest BCUT2D eigenvalue weighted by atomic mass is 16.5. The van der Waals surface area contributed by atoms with E-state index in [1.165, 1.54) is 32.1 Å². The maximum Gasteiger partial charge on any atom is 0.0856 e. The quantitative estimate of drug-likeness (QED) is 0.547. The standard InChI is InChI=1S/C8H15NO/c9-7-6-10-8(7)4-2-1-3-5-8/h7H,1-6,9H2. The van der Waals surface area contributed by atoms with Crippen LogP contribution in [0.3, 0.4) is 0 Å². The molecule has 2 aliphatic rings. The molecule has 2 heteroatoms. The summed E-state index contributed by atoms with van der Waals surface area (Å²) in [7, 11) is 0. The summed E-state index contributed by atoms with van der Waals surface area (Å²) in [6, 6.07) is 0.341. The second-order valence-electron chi connectivity index (χ2n) is 3.54. The molecule has 0 aromatic carbocycles. The molecule has 2 rings (SSSR count). The number of hydrogen-bond donors (Lipinski definition) is 1. The maximum absolute atomic E-state index is 5.86. The molecule has 0 radical (unpaired) electrons. The molecule has 2 nitrogen and oxygen atoms in total. The van der Waals surface area contributed by atoms with Gasteiger partial charge in [0, 0.05) is 0 Å². The van der Waals surface area contributed by atoms with Gasteiger partial charge >= 0.3 is 0 Å². The fraction of sp³-hybridized carbons (Fsp3) is 1.00. The van der Waals surface area contributed by atoms with Gasteiger partial charge in [-0.3, -0.25) is 0 Å². The first kappa shape index (κ1) is 6.62. The van der Waals surface area contributed by atoms with E-state index in [4.69, 9.17) is 10.5 Å². The van der Waals surface area contributed by atoms with Gasteiger partial charge in [0.15, 0.2) is 0 Å². The van der Waals surface area contributed by atoms with E-state index in [1.54, 1.807) is 0 Å². The molecule has 0 aromatic heterocycles. The van der Waals surface area contributed by atoms with Gasteiger partial charge < -0.3 is 10.5 Å². The Labute approximate surface area is 61.7 Å². The Kier molecular flexibility index (Phi) is 1.46. The average molecular weight is 141 g/mol. The minimum absolute atomic E-state index is 0.137. The normalized spacial score (nSPS) is 37.5. The van der Waals surface area contributed by atoms with Gasteiger partial charge in [-0.15, -0.1) is 0 Å². The summed E-state index contributed by atoms with van der Waals surface area (Å²) in [4.78, 5) is 0. The number of rotatable bonds is 0. The molecule has 1 aliphatic carbocycles. The van der Waals surface area contributed by atoms with Crippen molar-refractivity contribution in [2.24, 2.45) is 5.73 Å². The first-order chi connectivity index (χ1) is 4.83. The van der Waals surface area contributed by atoms with Crippen LogP contribution < -0.4 is 5.73 Å². The van der Waals surface area contributed by atoms with Crippen molar-refractivity contribution in [1.82, 2.24) is 0 Å². The Balaban J connectivity index is 1.99. The first-order valence-electron chi connectivity index (χ1n) is 4.23. The molecule has 10 heavy (non-hydrogen) atoms. The zero-order valence-corrected chi connectivity index (χ0v) is 6.31. The van der Waals surface area contributed by atoms with Crippen molar-refractivity contribution in [3.05, 3.63) is 0 Å². The van der Waals surface area contributed by atoms with Crippen LogP contribution in [0.1, 0.15) is 32.1 Å². The van der Waals surface area contributed by atoms with Crippen molar-refractivity contribution in [3.63, 3.8) is 0 Å². The van der Waals surface area contributed by atoms with Gasteiger partial charge in [0.1, 0.15) is 0 Å². The van der Waals surface area contributed by atoms with Crippen LogP contribution in [0.5, 0.6) is 0 Å². The number of nitrogens with two attached hydrogens (primary N) is 1.